The van der Waals surface area contributed by atoms with Gasteiger partial charge in [-0.2, -0.15) is 0 Å². The van der Waals surface area contributed by atoms with Crippen molar-refractivity contribution < 1.29 is 18.7 Å². The molecular formula is C17H11ClFNO3. The first-order valence-corrected chi connectivity index (χ1v) is 7.06. The Labute approximate surface area is 136 Å². The summed E-state index contributed by atoms with van der Waals surface area (Å²) in [7, 11) is 0. The molecule has 116 valence electrons. The van der Waals surface area contributed by atoms with Gasteiger partial charge in [0.05, 0.1) is 5.69 Å². The lowest BCUT2D eigenvalue weighted by molar-refractivity contribution is 0.0997. The molecule has 3 rings (SSSR count). The predicted octanol–water partition coefficient (Wildman–Crippen LogP) is 4.70. The minimum atomic E-state index is -0.532. The Morgan fingerprint density at radius 2 is 1.83 bits per heavy atom. The monoisotopic (exact) mass is 331 g/mol. The van der Waals surface area contributed by atoms with Gasteiger partial charge in [0.1, 0.15) is 17.3 Å². The summed E-state index contributed by atoms with van der Waals surface area (Å²) in [4.78, 5) is 12.2. The average Bonchev–Trinajstić information content (AvgIpc) is 3.02. The van der Waals surface area contributed by atoms with Crippen LogP contribution in [0.3, 0.4) is 0 Å². The molecule has 2 aromatic carbocycles. The van der Waals surface area contributed by atoms with Gasteiger partial charge in [-0.1, -0.05) is 11.6 Å². The van der Waals surface area contributed by atoms with Crippen molar-refractivity contribution >= 4 is 23.2 Å². The molecule has 0 unspecified atom stereocenters. The van der Waals surface area contributed by atoms with Gasteiger partial charge in [0.2, 0.25) is 0 Å². The van der Waals surface area contributed by atoms with Crippen LogP contribution in [0.2, 0.25) is 5.02 Å². The SMILES string of the molecule is O=C(Nc1cc(Cl)ccc1O)c1ccc(-c2ccc(F)cc2)o1. The maximum Gasteiger partial charge on any atom is 0.291 e. The quantitative estimate of drug-likeness (QED) is 0.684. The second-order valence-corrected chi connectivity index (χ2v) is 5.22. The van der Waals surface area contributed by atoms with Crippen LogP contribution >= 0.6 is 11.6 Å². The van der Waals surface area contributed by atoms with Crippen molar-refractivity contribution in [3.8, 4) is 17.1 Å². The zero-order valence-electron chi connectivity index (χ0n) is 11.7. The van der Waals surface area contributed by atoms with E-state index in [0.29, 0.717) is 16.3 Å². The van der Waals surface area contributed by atoms with E-state index in [1.54, 1.807) is 18.2 Å². The second kappa shape index (κ2) is 6.14. The van der Waals surface area contributed by atoms with Crippen molar-refractivity contribution in [1.82, 2.24) is 0 Å². The Bertz CT molecular complexity index is 859. The van der Waals surface area contributed by atoms with Crippen LogP contribution in [0.5, 0.6) is 5.75 Å². The van der Waals surface area contributed by atoms with Gasteiger partial charge in [0.25, 0.3) is 5.91 Å². The van der Waals surface area contributed by atoms with E-state index in [1.165, 1.54) is 36.4 Å². The number of hydrogen-bond donors (Lipinski definition) is 2. The molecule has 0 spiro atoms. The largest absolute Gasteiger partial charge is 0.506 e. The number of anilines is 1. The zero-order valence-corrected chi connectivity index (χ0v) is 12.5. The molecule has 2 N–H and O–H groups in total. The van der Waals surface area contributed by atoms with E-state index in [0.717, 1.165) is 0 Å². The molecule has 1 heterocycles. The Kier molecular flexibility index (Phi) is 4.04. The third-order valence-electron chi connectivity index (χ3n) is 3.17. The van der Waals surface area contributed by atoms with Gasteiger partial charge in [0.15, 0.2) is 5.76 Å². The van der Waals surface area contributed by atoms with Crippen molar-refractivity contribution in [2.75, 3.05) is 5.32 Å². The van der Waals surface area contributed by atoms with Gasteiger partial charge in [-0.3, -0.25) is 4.79 Å². The minimum absolute atomic E-state index is 0.0590. The highest BCUT2D eigenvalue weighted by atomic mass is 35.5. The molecule has 0 atom stereocenters. The molecule has 0 aliphatic rings. The molecule has 4 nitrogen and oxygen atoms in total. The maximum absolute atomic E-state index is 12.9. The summed E-state index contributed by atoms with van der Waals surface area (Å²) in [5.41, 5.74) is 0.832. The van der Waals surface area contributed by atoms with E-state index in [2.05, 4.69) is 5.32 Å². The average molecular weight is 332 g/mol. The molecule has 0 bridgehead atoms. The maximum atomic E-state index is 12.9. The molecule has 23 heavy (non-hydrogen) atoms. The first kappa shape index (κ1) is 15.1. The predicted molar refractivity (Wildman–Crippen MR) is 85.2 cm³/mol. The van der Waals surface area contributed by atoms with Crippen LogP contribution < -0.4 is 5.32 Å². The van der Waals surface area contributed by atoms with Gasteiger partial charge in [0, 0.05) is 10.6 Å². The molecule has 3 aromatic rings. The normalized spacial score (nSPS) is 10.5. The van der Waals surface area contributed by atoms with E-state index in [-0.39, 0.29) is 23.0 Å². The van der Waals surface area contributed by atoms with Crippen LogP contribution in [0.1, 0.15) is 10.6 Å². The fourth-order valence-corrected chi connectivity index (χ4v) is 2.19. The Morgan fingerprint density at radius 3 is 2.57 bits per heavy atom. The summed E-state index contributed by atoms with van der Waals surface area (Å²) >= 11 is 5.83. The Hall–Kier alpha value is -2.79. The number of phenolic OH excluding ortho intramolecular Hbond substituents is 1. The highest BCUT2D eigenvalue weighted by molar-refractivity contribution is 6.31. The number of hydrogen-bond acceptors (Lipinski definition) is 3. The standard InChI is InChI=1S/C17H11ClFNO3/c18-11-3-6-14(21)13(9-11)20-17(22)16-8-7-15(23-16)10-1-4-12(19)5-2-10/h1-9,21H,(H,20,22). The molecular weight excluding hydrogens is 321 g/mol. The number of halogens is 2. The molecule has 0 aliphatic heterocycles. The van der Waals surface area contributed by atoms with Gasteiger partial charge in [-0.05, 0) is 54.6 Å². The first-order valence-electron chi connectivity index (χ1n) is 6.68. The van der Waals surface area contributed by atoms with Gasteiger partial charge in [-0.15, -0.1) is 0 Å². The van der Waals surface area contributed by atoms with E-state index in [4.69, 9.17) is 16.0 Å². The Morgan fingerprint density at radius 1 is 1.09 bits per heavy atom. The number of carbonyl (C=O) groups excluding carboxylic acids is 1. The zero-order chi connectivity index (χ0) is 16.4. The third-order valence-corrected chi connectivity index (χ3v) is 3.40. The number of aromatic hydroxyl groups is 1. The van der Waals surface area contributed by atoms with E-state index < -0.39 is 5.91 Å². The second-order valence-electron chi connectivity index (χ2n) is 4.79. The van der Waals surface area contributed by atoms with E-state index in [1.807, 2.05) is 0 Å². The van der Waals surface area contributed by atoms with Crippen LogP contribution in [-0.4, -0.2) is 11.0 Å². The molecule has 0 saturated heterocycles. The van der Waals surface area contributed by atoms with Gasteiger partial charge < -0.3 is 14.8 Å². The van der Waals surface area contributed by atoms with Crippen LogP contribution in [0, 0.1) is 5.82 Å². The van der Waals surface area contributed by atoms with Crippen LogP contribution in [0.4, 0.5) is 10.1 Å². The summed E-state index contributed by atoms with van der Waals surface area (Å²) in [6, 6.07) is 13.1. The number of carbonyl (C=O) groups is 1. The number of rotatable bonds is 3. The number of amides is 1. The van der Waals surface area contributed by atoms with Gasteiger partial charge >= 0.3 is 0 Å². The van der Waals surface area contributed by atoms with Crippen LogP contribution in [0.25, 0.3) is 11.3 Å². The minimum Gasteiger partial charge on any atom is -0.506 e. The van der Waals surface area contributed by atoms with Crippen molar-refractivity contribution in [1.29, 1.82) is 0 Å². The van der Waals surface area contributed by atoms with Crippen molar-refractivity contribution in [2.45, 2.75) is 0 Å². The van der Waals surface area contributed by atoms with Crippen LogP contribution in [0.15, 0.2) is 59.0 Å². The van der Waals surface area contributed by atoms with Crippen molar-refractivity contribution in [2.24, 2.45) is 0 Å². The third kappa shape index (κ3) is 3.35. The molecule has 0 saturated carbocycles. The highest BCUT2D eigenvalue weighted by Gasteiger charge is 2.14. The summed E-state index contributed by atoms with van der Waals surface area (Å²) in [6.45, 7) is 0. The summed E-state index contributed by atoms with van der Waals surface area (Å²) in [5, 5.41) is 12.6. The van der Waals surface area contributed by atoms with Crippen molar-refractivity contribution in [3.63, 3.8) is 0 Å². The van der Waals surface area contributed by atoms with Crippen LogP contribution in [-0.2, 0) is 0 Å². The molecule has 1 aromatic heterocycles. The number of benzene rings is 2. The fourth-order valence-electron chi connectivity index (χ4n) is 2.02. The highest BCUT2D eigenvalue weighted by Crippen LogP contribution is 2.28. The topological polar surface area (TPSA) is 62.5 Å². The number of nitrogens with one attached hydrogen (secondary N) is 1. The summed E-state index contributed by atoms with van der Waals surface area (Å²) in [5.74, 6) is -0.493. The molecule has 0 fully saturated rings. The molecule has 0 radical (unpaired) electrons. The molecule has 0 aliphatic carbocycles. The number of phenols is 1. The first-order chi connectivity index (χ1) is 11.0. The summed E-state index contributed by atoms with van der Waals surface area (Å²) in [6.07, 6.45) is 0. The van der Waals surface area contributed by atoms with E-state index >= 15 is 0 Å². The lowest BCUT2D eigenvalue weighted by Crippen LogP contribution is -2.10. The molecule has 1 amide bonds. The number of furan rings is 1. The summed E-state index contributed by atoms with van der Waals surface area (Å²) < 4.78 is 18.4. The lowest BCUT2D eigenvalue weighted by Gasteiger charge is -2.06. The lowest BCUT2D eigenvalue weighted by atomic mass is 10.2. The fraction of sp³-hybridized carbons (Fsp3) is 0. The smallest absolute Gasteiger partial charge is 0.291 e. The van der Waals surface area contributed by atoms with Crippen molar-refractivity contribution in [3.05, 3.63) is 71.2 Å². The molecule has 6 heteroatoms. The van der Waals surface area contributed by atoms with E-state index in [9.17, 15) is 14.3 Å². The van der Waals surface area contributed by atoms with Gasteiger partial charge in [-0.25, -0.2) is 4.39 Å². The Balaban J connectivity index is 1.81.